The number of ether oxygens (including phenoxy) is 4. The number of hydrogen-bond acceptors (Lipinski definition) is 6. The highest BCUT2D eigenvalue weighted by Gasteiger charge is 2.15. The van der Waals surface area contributed by atoms with Crippen molar-refractivity contribution in [2.45, 2.75) is 26.2 Å². The molecule has 0 amide bonds. The van der Waals surface area contributed by atoms with Crippen LogP contribution in [0.1, 0.15) is 26.2 Å². The van der Waals surface area contributed by atoms with Crippen LogP contribution in [0.3, 0.4) is 0 Å². The summed E-state index contributed by atoms with van der Waals surface area (Å²) in [6.07, 6.45) is 3.53. The van der Waals surface area contributed by atoms with Gasteiger partial charge in [0.2, 0.25) is 0 Å². The molecule has 6 heteroatoms. The molecule has 1 aliphatic rings. The van der Waals surface area contributed by atoms with Crippen molar-refractivity contribution < 1.29 is 18.9 Å². The zero-order valence-electron chi connectivity index (χ0n) is 19.2. The summed E-state index contributed by atoms with van der Waals surface area (Å²) in [5, 5.41) is 0.913. The summed E-state index contributed by atoms with van der Waals surface area (Å²) in [6, 6.07) is 13.9. The Morgan fingerprint density at radius 1 is 0.844 bits per heavy atom. The maximum atomic E-state index is 6.29. The van der Waals surface area contributed by atoms with E-state index in [1.165, 1.54) is 12.8 Å². The lowest BCUT2D eigenvalue weighted by atomic mass is 10.1. The van der Waals surface area contributed by atoms with Crippen molar-refractivity contribution in [3.05, 3.63) is 42.5 Å². The lowest BCUT2D eigenvalue weighted by Gasteiger charge is -2.17. The summed E-state index contributed by atoms with van der Waals surface area (Å²) < 4.78 is 23.0. The van der Waals surface area contributed by atoms with Gasteiger partial charge in [-0.15, -0.1) is 0 Å². The Bertz CT molecular complexity index is 1030. The first-order chi connectivity index (χ1) is 15.7. The van der Waals surface area contributed by atoms with Crippen LogP contribution in [0.4, 0.5) is 0 Å². The molecule has 0 atom stereocenters. The van der Waals surface area contributed by atoms with E-state index in [9.17, 15) is 0 Å². The molecule has 0 radical (unpaired) electrons. The number of benzene rings is 2. The van der Waals surface area contributed by atoms with Crippen molar-refractivity contribution >= 4 is 10.9 Å². The molecule has 3 aromatic rings. The standard InChI is InChI=1S/C26H32N2O4/c1-4-14-31-20-9-7-19(8-10-20)22-17-24(32-15-13-28-11-5-6-12-28)21-16-25(29-2)26(30-3)18-23(21)27-22/h7-10,16-18H,4-6,11-15H2,1-3H3. The highest BCUT2D eigenvalue weighted by molar-refractivity contribution is 5.90. The largest absolute Gasteiger partial charge is 0.494 e. The van der Waals surface area contributed by atoms with E-state index >= 15 is 0 Å². The van der Waals surface area contributed by atoms with E-state index in [-0.39, 0.29) is 0 Å². The zero-order chi connectivity index (χ0) is 22.3. The van der Waals surface area contributed by atoms with Gasteiger partial charge in [-0.1, -0.05) is 6.92 Å². The molecule has 6 nitrogen and oxygen atoms in total. The highest BCUT2D eigenvalue weighted by Crippen LogP contribution is 2.38. The maximum Gasteiger partial charge on any atom is 0.162 e. The molecule has 0 bridgehead atoms. The van der Waals surface area contributed by atoms with E-state index in [1.54, 1.807) is 14.2 Å². The van der Waals surface area contributed by atoms with Crippen LogP contribution in [0.5, 0.6) is 23.0 Å². The molecule has 0 unspecified atom stereocenters. The van der Waals surface area contributed by atoms with Crippen molar-refractivity contribution in [2.24, 2.45) is 0 Å². The average molecular weight is 437 g/mol. The highest BCUT2D eigenvalue weighted by atomic mass is 16.5. The molecule has 0 spiro atoms. The number of nitrogens with zero attached hydrogens (tertiary/aromatic N) is 2. The second-order valence-electron chi connectivity index (χ2n) is 8.00. The maximum absolute atomic E-state index is 6.29. The number of aromatic nitrogens is 1. The summed E-state index contributed by atoms with van der Waals surface area (Å²) in [6.45, 7) is 6.69. The van der Waals surface area contributed by atoms with E-state index in [4.69, 9.17) is 23.9 Å². The van der Waals surface area contributed by atoms with Crippen molar-refractivity contribution in [3.63, 3.8) is 0 Å². The fourth-order valence-corrected chi connectivity index (χ4v) is 4.02. The van der Waals surface area contributed by atoms with Gasteiger partial charge in [-0.25, -0.2) is 4.98 Å². The molecular weight excluding hydrogens is 404 g/mol. The second-order valence-corrected chi connectivity index (χ2v) is 8.00. The number of fused-ring (bicyclic) bond motifs is 1. The Kier molecular flexibility index (Phi) is 7.32. The summed E-state index contributed by atoms with van der Waals surface area (Å²) in [7, 11) is 3.28. The molecule has 1 aromatic heterocycles. The van der Waals surface area contributed by atoms with Gasteiger partial charge < -0.3 is 18.9 Å². The zero-order valence-corrected chi connectivity index (χ0v) is 19.2. The number of pyridine rings is 1. The van der Waals surface area contributed by atoms with Crippen LogP contribution < -0.4 is 18.9 Å². The minimum atomic E-state index is 0.636. The predicted molar refractivity (Wildman–Crippen MR) is 127 cm³/mol. The first-order valence-corrected chi connectivity index (χ1v) is 11.4. The molecule has 1 fully saturated rings. The number of rotatable bonds is 10. The molecule has 1 saturated heterocycles. The van der Waals surface area contributed by atoms with Gasteiger partial charge in [-0.2, -0.15) is 0 Å². The van der Waals surface area contributed by atoms with Gasteiger partial charge in [0.1, 0.15) is 18.1 Å². The van der Waals surface area contributed by atoms with Crippen LogP contribution in [0, 0.1) is 0 Å². The Balaban J connectivity index is 1.67. The first-order valence-electron chi connectivity index (χ1n) is 11.4. The van der Waals surface area contributed by atoms with Gasteiger partial charge >= 0.3 is 0 Å². The lowest BCUT2D eigenvalue weighted by molar-refractivity contribution is 0.239. The SMILES string of the molecule is CCCOc1ccc(-c2cc(OCCN3CCCC3)c3cc(OC)c(OC)cc3n2)cc1. The van der Waals surface area contributed by atoms with Crippen LogP contribution in [0.15, 0.2) is 42.5 Å². The van der Waals surface area contributed by atoms with E-state index in [0.29, 0.717) is 24.7 Å². The summed E-state index contributed by atoms with van der Waals surface area (Å²) >= 11 is 0. The Labute approximate surface area is 190 Å². The summed E-state index contributed by atoms with van der Waals surface area (Å²) in [4.78, 5) is 7.35. The van der Waals surface area contributed by atoms with E-state index in [0.717, 1.165) is 59.7 Å². The van der Waals surface area contributed by atoms with Crippen LogP contribution in [0.25, 0.3) is 22.2 Å². The average Bonchev–Trinajstić information content (AvgIpc) is 3.35. The Morgan fingerprint density at radius 2 is 1.56 bits per heavy atom. The first kappa shape index (κ1) is 22.2. The number of hydrogen-bond donors (Lipinski definition) is 0. The van der Waals surface area contributed by atoms with Gasteiger partial charge in [0.05, 0.1) is 32.0 Å². The second kappa shape index (κ2) is 10.6. The van der Waals surface area contributed by atoms with Crippen LogP contribution in [0.2, 0.25) is 0 Å². The van der Waals surface area contributed by atoms with Gasteiger partial charge in [0.25, 0.3) is 0 Å². The molecule has 0 saturated carbocycles. The quantitative estimate of drug-likeness (QED) is 0.436. The molecule has 4 rings (SSSR count). The van der Waals surface area contributed by atoms with Gasteiger partial charge in [0.15, 0.2) is 11.5 Å². The van der Waals surface area contributed by atoms with E-state index < -0.39 is 0 Å². The summed E-state index contributed by atoms with van der Waals surface area (Å²) in [5.41, 5.74) is 2.67. The Hall–Kier alpha value is -2.99. The molecule has 2 aromatic carbocycles. The third-order valence-electron chi connectivity index (χ3n) is 5.76. The normalized spacial score (nSPS) is 14.0. The molecular formula is C26H32N2O4. The van der Waals surface area contributed by atoms with Gasteiger partial charge in [-0.05, 0) is 62.7 Å². The van der Waals surface area contributed by atoms with Crippen LogP contribution in [-0.4, -0.2) is 57.0 Å². The molecule has 1 aliphatic heterocycles. The van der Waals surface area contributed by atoms with Gasteiger partial charge in [-0.3, -0.25) is 4.90 Å². The van der Waals surface area contributed by atoms with Crippen molar-refractivity contribution in [2.75, 3.05) is 47.1 Å². The monoisotopic (exact) mass is 436 g/mol. The van der Waals surface area contributed by atoms with E-state index in [2.05, 4.69) is 11.8 Å². The van der Waals surface area contributed by atoms with Crippen molar-refractivity contribution in [3.8, 4) is 34.3 Å². The minimum absolute atomic E-state index is 0.636. The van der Waals surface area contributed by atoms with Gasteiger partial charge in [0, 0.05) is 29.6 Å². The third kappa shape index (κ3) is 5.07. The van der Waals surface area contributed by atoms with Crippen LogP contribution >= 0.6 is 0 Å². The number of methoxy groups -OCH3 is 2. The fourth-order valence-electron chi connectivity index (χ4n) is 4.02. The predicted octanol–water partition coefficient (Wildman–Crippen LogP) is 5.18. The lowest BCUT2D eigenvalue weighted by Crippen LogP contribution is -2.25. The molecule has 0 aliphatic carbocycles. The molecule has 32 heavy (non-hydrogen) atoms. The van der Waals surface area contributed by atoms with Crippen molar-refractivity contribution in [1.82, 2.24) is 9.88 Å². The topological polar surface area (TPSA) is 53.1 Å². The molecule has 170 valence electrons. The van der Waals surface area contributed by atoms with Crippen LogP contribution in [-0.2, 0) is 0 Å². The smallest absolute Gasteiger partial charge is 0.162 e. The number of likely N-dealkylation sites (tertiary alicyclic amines) is 1. The third-order valence-corrected chi connectivity index (χ3v) is 5.76. The van der Waals surface area contributed by atoms with E-state index in [1.807, 2.05) is 42.5 Å². The fraction of sp³-hybridized carbons (Fsp3) is 0.423. The van der Waals surface area contributed by atoms with Crippen molar-refractivity contribution in [1.29, 1.82) is 0 Å². The molecule has 2 heterocycles. The molecule has 0 N–H and O–H groups in total. The summed E-state index contributed by atoms with van der Waals surface area (Å²) in [5.74, 6) is 2.98. The Morgan fingerprint density at radius 3 is 2.25 bits per heavy atom. The minimum Gasteiger partial charge on any atom is -0.494 e.